The van der Waals surface area contributed by atoms with Crippen molar-refractivity contribution in [3.05, 3.63) is 64.7 Å². The number of carbonyl (C=O) groups excluding carboxylic acids is 1. The molecule has 3 nitrogen and oxygen atoms in total. The Bertz CT molecular complexity index is 689. The van der Waals surface area contributed by atoms with Crippen LogP contribution in [0.2, 0.25) is 0 Å². The number of carbonyl (C=O) groups is 1. The summed E-state index contributed by atoms with van der Waals surface area (Å²) in [7, 11) is 3.10. The number of hydrogen-bond acceptors (Lipinski definition) is 3. The van der Waals surface area contributed by atoms with Crippen molar-refractivity contribution in [3.8, 4) is 11.5 Å². The maximum absolute atomic E-state index is 12.5. The lowest BCUT2D eigenvalue weighted by atomic mass is 10.0. The summed E-state index contributed by atoms with van der Waals surface area (Å²) < 4.78 is 10.7. The van der Waals surface area contributed by atoms with Crippen LogP contribution < -0.4 is 9.47 Å². The first kappa shape index (κ1) is 15.8. The van der Waals surface area contributed by atoms with Gasteiger partial charge in [0.25, 0.3) is 0 Å². The van der Waals surface area contributed by atoms with Gasteiger partial charge in [0, 0.05) is 0 Å². The predicted molar refractivity (Wildman–Crippen MR) is 88.8 cm³/mol. The van der Waals surface area contributed by atoms with Gasteiger partial charge < -0.3 is 9.47 Å². The smallest absolute Gasteiger partial charge is 0.193 e. The first-order valence-corrected chi connectivity index (χ1v) is 7.07. The SMILES string of the molecule is COc1cc(C)cc(OC)c1C(=O)/C=C/c1cccc(C)c1. The molecule has 0 amide bonds. The zero-order chi connectivity index (χ0) is 16.1. The summed E-state index contributed by atoms with van der Waals surface area (Å²) in [6.45, 7) is 3.95. The van der Waals surface area contributed by atoms with Gasteiger partial charge >= 0.3 is 0 Å². The second kappa shape index (κ2) is 6.94. The molecule has 0 atom stereocenters. The van der Waals surface area contributed by atoms with Crippen LogP contribution in [0.4, 0.5) is 0 Å². The first-order valence-electron chi connectivity index (χ1n) is 7.07. The Hall–Kier alpha value is -2.55. The number of benzene rings is 2. The number of methoxy groups -OCH3 is 2. The molecule has 0 aromatic heterocycles. The molecule has 2 aromatic rings. The minimum Gasteiger partial charge on any atom is -0.496 e. The third kappa shape index (κ3) is 3.55. The molecule has 0 fully saturated rings. The molecule has 0 saturated carbocycles. The molecular formula is C19H20O3. The Kier molecular flexibility index (Phi) is 4.99. The van der Waals surface area contributed by atoms with Gasteiger partial charge in [0.05, 0.1) is 14.2 Å². The molecule has 0 unspecified atom stereocenters. The summed E-state index contributed by atoms with van der Waals surface area (Å²) >= 11 is 0. The molecule has 0 saturated heterocycles. The van der Waals surface area contributed by atoms with Crippen molar-refractivity contribution in [1.29, 1.82) is 0 Å². The van der Waals surface area contributed by atoms with Crippen molar-refractivity contribution in [3.63, 3.8) is 0 Å². The van der Waals surface area contributed by atoms with E-state index in [1.807, 2.05) is 50.2 Å². The van der Waals surface area contributed by atoms with Crippen LogP contribution >= 0.6 is 0 Å². The van der Waals surface area contributed by atoms with E-state index in [-0.39, 0.29) is 5.78 Å². The molecule has 0 aliphatic carbocycles. The number of rotatable bonds is 5. The Morgan fingerprint density at radius 2 is 1.59 bits per heavy atom. The van der Waals surface area contributed by atoms with Gasteiger partial charge in [-0.15, -0.1) is 0 Å². The minimum absolute atomic E-state index is 0.143. The highest BCUT2D eigenvalue weighted by Gasteiger charge is 2.17. The van der Waals surface area contributed by atoms with E-state index in [4.69, 9.17) is 9.47 Å². The maximum Gasteiger partial charge on any atom is 0.193 e. The van der Waals surface area contributed by atoms with Crippen molar-refractivity contribution >= 4 is 11.9 Å². The Balaban J connectivity index is 2.37. The van der Waals surface area contributed by atoms with Gasteiger partial charge in [0.2, 0.25) is 0 Å². The van der Waals surface area contributed by atoms with Crippen LogP contribution in [0.1, 0.15) is 27.0 Å². The molecule has 22 heavy (non-hydrogen) atoms. The molecule has 0 radical (unpaired) electrons. The maximum atomic E-state index is 12.5. The van der Waals surface area contributed by atoms with Crippen molar-refractivity contribution < 1.29 is 14.3 Å². The van der Waals surface area contributed by atoms with E-state index < -0.39 is 0 Å². The van der Waals surface area contributed by atoms with Crippen molar-refractivity contribution in [2.24, 2.45) is 0 Å². The van der Waals surface area contributed by atoms with Crippen LogP contribution in [0, 0.1) is 13.8 Å². The molecule has 0 aliphatic heterocycles. The minimum atomic E-state index is -0.143. The number of allylic oxidation sites excluding steroid dienone is 1. The van der Waals surface area contributed by atoms with Crippen molar-refractivity contribution in [1.82, 2.24) is 0 Å². The molecule has 0 spiro atoms. The summed E-state index contributed by atoms with van der Waals surface area (Å²) in [4.78, 5) is 12.5. The fourth-order valence-corrected chi connectivity index (χ4v) is 2.31. The molecule has 2 rings (SSSR count). The topological polar surface area (TPSA) is 35.5 Å². The summed E-state index contributed by atoms with van der Waals surface area (Å²) in [5, 5.41) is 0. The lowest BCUT2D eigenvalue weighted by molar-refractivity contribution is 0.104. The summed E-state index contributed by atoms with van der Waals surface area (Å²) in [5.74, 6) is 0.904. The van der Waals surface area contributed by atoms with Gasteiger partial charge in [0.1, 0.15) is 17.1 Å². The van der Waals surface area contributed by atoms with E-state index in [2.05, 4.69) is 0 Å². The molecular weight excluding hydrogens is 276 g/mol. The highest BCUT2D eigenvalue weighted by Crippen LogP contribution is 2.31. The zero-order valence-electron chi connectivity index (χ0n) is 13.3. The van der Waals surface area contributed by atoms with Crippen molar-refractivity contribution in [2.45, 2.75) is 13.8 Å². The van der Waals surface area contributed by atoms with Gasteiger partial charge in [-0.1, -0.05) is 35.9 Å². The number of aryl methyl sites for hydroxylation is 2. The van der Waals surface area contributed by atoms with Gasteiger partial charge in [-0.25, -0.2) is 0 Å². The average Bonchev–Trinajstić information content (AvgIpc) is 2.51. The summed E-state index contributed by atoms with van der Waals surface area (Å²) in [6.07, 6.45) is 3.35. The van der Waals surface area contributed by atoms with Gasteiger partial charge in [-0.3, -0.25) is 4.79 Å². The molecule has 0 bridgehead atoms. The van der Waals surface area contributed by atoms with Crippen LogP contribution in [-0.2, 0) is 0 Å². The van der Waals surface area contributed by atoms with Crippen LogP contribution in [0.3, 0.4) is 0 Å². The molecule has 114 valence electrons. The monoisotopic (exact) mass is 296 g/mol. The second-order valence-corrected chi connectivity index (χ2v) is 5.16. The van der Waals surface area contributed by atoms with Gasteiger partial charge in [0.15, 0.2) is 5.78 Å². The number of hydrogen-bond donors (Lipinski definition) is 0. The third-order valence-corrected chi connectivity index (χ3v) is 3.37. The quantitative estimate of drug-likeness (QED) is 0.612. The molecule has 3 heteroatoms. The highest BCUT2D eigenvalue weighted by atomic mass is 16.5. The normalized spacial score (nSPS) is 10.7. The Morgan fingerprint density at radius 1 is 0.955 bits per heavy atom. The van der Waals surface area contributed by atoms with Gasteiger partial charge in [-0.05, 0) is 43.2 Å². The fraction of sp³-hybridized carbons (Fsp3) is 0.211. The second-order valence-electron chi connectivity index (χ2n) is 5.16. The third-order valence-electron chi connectivity index (χ3n) is 3.37. The molecule has 2 aromatic carbocycles. The van der Waals surface area contributed by atoms with Crippen LogP contribution in [0.5, 0.6) is 11.5 Å². The number of ketones is 1. The van der Waals surface area contributed by atoms with Crippen LogP contribution in [0.15, 0.2) is 42.5 Å². The van der Waals surface area contributed by atoms with Crippen LogP contribution in [0.25, 0.3) is 6.08 Å². The summed E-state index contributed by atoms with van der Waals surface area (Å²) in [6, 6.07) is 11.6. The van der Waals surface area contributed by atoms with E-state index in [1.54, 1.807) is 26.4 Å². The van der Waals surface area contributed by atoms with Crippen molar-refractivity contribution in [2.75, 3.05) is 14.2 Å². The van der Waals surface area contributed by atoms with E-state index >= 15 is 0 Å². The van der Waals surface area contributed by atoms with Crippen LogP contribution in [-0.4, -0.2) is 20.0 Å². The molecule has 0 heterocycles. The first-order chi connectivity index (χ1) is 10.5. The predicted octanol–water partition coefficient (Wildman–Crippen LogP) is 4.22. The average molecular weight is 296 g/mol. The lowest BCUT2D eigenvalue weighted by Crippen LogP contribution is -2.03. The van der Waals surface area contributed by atoms with E-state index in [9.17, 15) is 4.79 Å². The standard InChI is InChI=1S/C19H20O3/c1-13-6-5-7-15(10-13)8-9-16(20)19-17(21-3)11-14(2)12-18(19)22-4/h5-12H,1-4H3/b9-8+. The lowest BCUT2D eigenvalue weighted by Gasteiger charge is -2.12. The van der Waals surface area contributed by atoms with E-state index in [0.717, 1.165) is 16.7 Å². The zero-order valence-corrected chi connectivity index (χ0v) is 13.3. The highest BCUT2D eigenvalue weighted by molar-refractivity contribution is 6.10. The number of ether oxygens (including phenoxy) is 2. The Morgan fingerprint density at radius 3 is 2.14 bits per heavy atom. The van der Waals surface area contributed by atoms with Gasteiger partial charge in [-0.2, -0.15) is 0 Å². The Labute approximate surface area is 131 Å². The van der Waals surface area contributed by atoms with E-state index in [0.29, 0.717) is 17.1 Å². The van der Waals surface area contributed by atoms with E-state index in [1.165, 1.54) is 0 Å². The molecule has 0 N–H and O–H groups in total. The fourth-order valence-electron chi connectivity index (χ4n) is 2.31. The molecule has 0 aliphatic rings. The largest absolute Gasteiger partial charge is 0.496 e. The summed E-state index contributed by atoms with van der Waals surface area (Å²) in [5.41, 5.74) is 3.56.